The minimum absolute atomic E-state index is 0.0901. The van der Waals surface area contributed by atoms with Crippen molar-refractivity contribution in [2.45, 2.75) is 0 Å². The lowest BCUT2D eigenvalue weighted by atomic mass is 10.1. The van der Waals surface area contributed by atoms with Crippen LogP contribution in [0.1, 0.15) is 15.9 Å². The second kappa shape index (κ2) is 6.75. The summed E-state index contributed by atoms with van der Waals surface area (Å²) in [6, 6.07) is 16.8. The smallest absolute Gasteiger partial charge is 0.255 e. The van der Waals surface area contributed by atoms with Crippen molar-refractivity contribution in [3.05, 3.63) is 78.0 Å². The maximum absolute atomic E-state index is 12.2. The highest BCUT2D eigenvalue weighted by Gasteiger charge is 2.13. The SMILES string of the molecule is O=C(NC/C=C/c1ccccc1)c1ccc2cccnc2c1O. The van der Waals surface area contributed by atoms with Crippen LogP contribution >= 0.6 is 0 Å². The first-order valence-corrected chi connectivity index (χ1v) is 7.32. The number of nitrogens with zero attached hydrogens (tertiary/aromatic N) is 1. The number of amides is 1. The Balaban J connectivity index is 1.69. The number of fused-ring (bicyclic) bond motifs is 1. The number of carbonyl (C=O) groups excluding carboxylic acids is 1. The highest BCUT2D eigenvalue weighted by Crippen LogP contribution is 2.26. The summed E-state index contributed by atoms with van der Waals surface area (Å²) in [6.07, 6.45) is 5.39. The molecule has 114 valence electrons. The van der Waals surface area contributed by atoms with E-state index in [2.05, 4.69) is 10.3 Å². The van der Waals surface area contributed by atoms with E-state index < -0.39 is 0 Å². The van der Waals surface area contributed by atoms with Crippen molar-refractivity contribution in [1.82, 2.24) is 10.3 Å². The van der Waals surface area contributed by atoms with Crippen LogP contribution in [0.4, 0.5) is 0 Å². The Labute approximate surface area is 134 Å². The van der Waals surface area contributed by atoms with Gasteiger partial charge >= 0.3 is 0 Å². The number of aromatic hydroxyl groups is 1. The summed E-state index contributed by atoms with van der Waals surface area (Å²) in [5.74, 6) is -0.416. The molecular weight excluding hydrogens is 288 g/mol. The molecule has 0 radical (unpaired) electrons. The molecule has 0 saturated heterocycles. The summed E-state index contributed by atoms with van der Waals surface area (Å²) in [4.78, 5) is 16.3. The number of phenolic OH excluding ortho intramolecular Hbond substituents is 1. The number of pyridine rings is 1. The zero-order valence-electron chi connectivity index (χ0n) is 12.4. The van der Waals surface area contributed by atoms with Crippen LogP contribution in [0.25, 0.3) is 17.0 Å². The van der Waals surface area contributed by atoms with Crippen molar-refractivity contribution in [2.24, 2.45) is 0 Å². The molecular formula is C19H16N2O2. The Morgan fingerprint density at radius 2 is 1.91 bits per heavy atom. The van der Waals surface area contributed by atoms with Gasteiger partial charge in [-0.05, 0) is 17.7 Å². The van der Waals surface area contributed by atoms with E-state index in [4.69, 9.17) is 0 Å². The van der Waals surface area contributed by atoms with Crippen LogP contribution in [0.15, 0.2) is 66.9 Å². The Morgan fingerprint density at radius 3 is 2.74 bits per heavy atom. The second-order valence-electron chi connectivity index (χ2n) is 5.06. The van der Waals surface area contributed by atoms with Crippen molar-refractivity contribution in [2.75, 3.05) is 6.54 Å². The number of carbonyl (C=O) groups is 1. The van der Waals surface area contributed by atoms with Gasteiger partial charge < -0.3 is 10.4 Å². The number of phenols is 1. The molecule has 1 amide bonds. The van der Waals surface area contributed by atoms with Crippen LogP contribution in [0.3, 0.4) is 0 Å². The summed E-state index contributed by atoms with van der Waals surface area (Å²) in [5, 5.41) is 13.8. The third-order valence-corrected chi connectivity index (χ3v) is 3.48. The standard InChI is InChI=1S/C19H16N2O2/c22-18-16(11-10-15-9-5-12-20-17(15)18)19(23)21-13-4-8-14-6-2-1-3-7-14/h1-12,22H,13H2,(H,21,23)/b8-4+. The van der Waals surface area contributed by atoms with Gasteiger partial charge in [0.25, 0.3) is 5.91 Å². The third kappa shape index (κ3) is 3.37. The zero-order valence-corrected chi connectivity index (χ0v) is 12.4. The molecule has 2 aromatic carbocycles. The summed E-state index contributed by atoms with van der Waals surface area (Å²) in [7, 11) is 0. The second-order valence-corrected chi connectivity index (χ2v) is 5.06. The number of rotatable bonds is 4. The molecule has 2 N–H and O–H groups in total. The maximum Gasteiger partial charge on any atom is 0.255 e. The van der Waals surface area contributed by atoms with Crippen LogP contribution in [-0.4, -0.2) is 22.5 Å². The lowest BCUT2D eigenvalue weighted by Crippen LogP contribution is -2.23. The Morgan fingerprint density at radius 1 is 1.09 bits per heavy atom. The normalized spacial score (nSPS) is 11.0. The molecule has 4 heteroatoms. The van der Waals surface area contributed by atoms with Crippen molar-refractivity contribution in [3.8, 4) is 5.75 Å². The molecule has 0 aliphatic rings. The number of hydrogen-bond acceptors (Lipinski definition) is 3. The summed E-state index contributed by atoms with van der Waals surface area (Å²) >= 11 is 0. The van der Waals surface area contributed by atoms with E-state index in [9.17, 15) is 9.90 Å². The van der Waals surface area contributed by atoms with Gasteiger partial charge in [-0.1, -0.05) is 54.6 Å². The molecule has 0 spiro atoms. The molecule has 0 unspecified atom stereocenters. The van der Waals surface area contributed by atoms with Crippen LogP contribution < -0.4 is 5.32 Å². The molecule has 0 aliphatic carbocycles. The van der Waals surface area contributed by atoms with E-state index >= 15 is 0 Å². The Kier molecular flexibility index (Phi) is 4.34. The molecule has 0 fully saturated rings. The highest BCUT2D eigenvalue weighted by atomic mass is 16.3. The monoisotopic (exact) mass is 304 g/mol. The maximum atomic E-state index is 12.2. The zero-order chi connectivity index (χ0) is 16.1. The van der Waals surface area contributed by atoms with Gasteiger partial charge in [0.2, 0.25) is 0 Å². The topological polar surface area (TPSA) is 62.2 Å². The van der Waals surface area contributed by atoms with Gasteiger partial charge in [-0.3, -0.25) is 9.78 Å². The van der Waals surface area contributed by atoms with Crippen molar-refractivity contribution >= 4 is 22.9 Å². The predicted octanol–water partition coefficient (Wildman–Crippen LogP) is 3.38. The highest BCUT2D eigenvalue weighted by molar-refractivity contribution is 6.02. The van der Waals surface area contributed by atoms with E-state index in [1.165, 1.54) is 0 Å². The van der Waals surface area contributed by atoms with Gasteiger partial charge in [0, 0.05) is 18.1 Å². The molecule has 0 atom stereocenters. The molecule has 3 aromatic rings. The molecule has 1 aromatic heterocycles. The molecule has 0 saturated carbocycles. The fourth-order valence-electron chi connectivity index (χ4n) is 2.32. The summed E-state index contributed by atoms with van der Waals surface area (Å²) in [6.45, 7) is 0.382. The third-order valence-electron chi connectivity index (χ3n) is 3.48. The van der Waals surface area contributed by atoms with E-state index in [1.807, 2.05) is 48.6 Å². The van der Waals surface area contributed by atoms with Gasteiger partial charge in [-0.25, -0.2) is 0 Å². The van der Waals surface area contributed by atoms with Gasteiger partial charge in [0.05, 0.1) is 5.56 Å². The Bertz CT molecular complexity index is 858. The number of aromatic nitrogens is 1. The summed E-state index contributed by atoms with van der Waals surface area (Å²) in [5.41, 5.74) is 1.73. The largest absolute Gasteiger partial charge is 0.505 e. The fraction of sp³-hybridized carbons (Fsp3) is 0.0526. The van der Waals surface area contributed by atoms with Crippen molar-refractivity contribution in [3.63, 3.8) is 0 Å². The average Bonchev–Trinajstić information content (AvgIpc) is 2.60. The van der Waals surface area contributed by atoms with Crippen LogP contribution in [0, 0.1) is 0 Å². The summed E-state index contributed by atoms with van der Waals surface area (Å²) < 4.78 is 0. The lowest BCUT2D eigenvalue weighted by Gasteiger charge is -2.07. The van der Waals surface area contributed by atoms with Crippen molar-refractivity contribution < 1.29 is 9.90 Å². The predicted molar refractivity (Wildman–Crippen MR) is 91.2 cm³/mol. The molecule has 0 bridgehead atoms. The number of nitrogens with one attached hydrogen (secondary N) is 1. The van der Waals surface area contributed by atoms with Gasteiger partial charge in [-0.2, -0.15) is 0 Å². The minimum atomic E-state index is -0.326. The minimum Gasteiger partial charge on any atom is -0.505 e. The van der Waals surface area contributed by atoms with E-state index in [-0.39, 0.29) is 17.2 Å². The van der Waals surface area contributed by atoms with Gasteiger partial charge in [0.1, 0.15) is 5.52 Å². The van der Waals surface area contributed by atoms with Crippen LogP contribution in [0.5, 0.6) is 5.75 Å². The molecule has 23 heavy (non-hydrogen) atoms. The molecule has 0 aliphatic heterocycles. The van der Waals surface area contributed by atoms with Gasteiger partial charge in [-0.15, -0.1) is 0 Å². The quantitative estimate of drug-likeness (QED) is 0.776. The van der Waals surface area contributed by atoms with Crippen LogP contribution in [0.2, 0.25) is 0 Å². The first kappa shape index (κ1) is 14.8. The number of hydrogen-bond donors (Lipinski definition) is 2. The molecule has 1 heterocycles. The van der Waals surface area contributed by atoms with Crippen LogP contribution in [-0.2, 0) is 0 Å². The first-order valence-electron chi connectivity index (χ1n) is 7.32. The van der Waals surface area contributed by atoms with E-state index in [0.29, 0.717) is 12.1 Å². The first-order chi connectivity index (χ1) is 11.3. The molecule has 3 rings (SSSR count). The van der Waals surface area contributed by atoms with Gasteiger partial charge in [0.15, 0.2) is 5.75 Å². The van der Waals surface area contributed by atoms with E-state index in [0.717, 1.165) is 10.9 Å². The average molecular weight is 304 g/mol. The fourth-order valence-corrected chi connectivity index (χ4v) is 2.32. The Hall–Kier alpha value is -3.14. The number of benzene rings is 2. The van der Waals surface area contributed by atoms with E-state index in [1.54, 1.807) is 24.4 Å². The van der Waals surface area contributed by atoms with Crippen molar-refractivity contribution in [1.29, 1.82) is 0 Å². The lowest BCUT2D eigenvalue weighted by molar-refractivity contribution is 0.0955. The molecule has 4 nitrogen and oxygen atoms in total.